The topological polar surface area (TPSA) is 37.8 Å². The monoisotopic (exact) mass is 281 g/mol. The maximum absolute atomic E-state index is 5.94. The van der Waals surface area contributed by atoms with Crippen molar-refractivity contribution in [3.05, 3.63) is 39.4 Å². The third kappa shape index (κ3) is 3.21. The highest BCUT2D eigenvalue weighted by Gasteiger charge is 2.10. The summed E-state index contributed by atoms with van der Waals surface area (Å²) in [5, 5.41) is 3.37. The molecule has 0 aliphatic carbocycles. The number of anilines is 1. The Labute approximate surface area is 116 Å². The molecule has 0 aromatic carbocycles. The van der Waals surface area contributed by atoms with Gasteiger partial charge in [0.05, 0.1) is 10.4 Å². The quantitative estimate of drug-likeness (QED) is 0.897. The van der Waals surface area contributed by atoms with Gasteiger partial charge in [-0.05, 0) is 25.0 Å². The average Bonchev–Trinajstić information content (AvgIpc) is 2.76. The van der Waals surface area contributed by atoms with Crippen molar-refractivity contribution >= 4 is 28.8 Å². The van der Waals surface area contributed by atoms with Crippen molar-refractivity contribution in [1.29, 1.82) is 0 Å². The van der Waals surface area contributed by atoms with E-state index in [9.17, 15) is 0 Å². The molecule has 96 valence electrons. The van der Waals surface area contributed by atoms with Gasteiger partial charge in [-0.3, -0.25) is 0 Å². The van der Waals surface area contributed by atoms with Gasteiger partial charge in [-0.2, -0.15) is 0 Å². The Morgan fingerprint density at radius 3 is 2.61 bits per heavy atom. The molecular weight excluding hydrogens is 266 g/mol. The predicted octanol–water partition coefficient (Wildman–Crippen LogP) is 4.49. The minimum absolute atomic E-state index is 0.192. The van der Waals surface area contributed by atoms with E-state index in [0.29, 0.717) is 5.92 Å². The molecule has 2 heterocycles. The van der Waals surface area contributed by atoms with Gasteiger partial charge < -0.3 is 5.32 Å². The molecule has 2 rings (SSSR count). The molecule has 1 unspecified atom stereocenters. The molecule has 0 bridgehead atoms. The molecule has 0 saturated carbocycles. The van der Waals surface area contributed by atoms with E-state index < -0.39 is 0 Å². The number of halogens is 1. The molecule has 0 spiro atoms. The second-order valence-corrected chi connectivity index (χ2v) is 6.24. The minimum atomic E-state index is 0.192. The summed E-state index contributed by atoms with van der Waals surface area (Å²) in [6.45, 7) is 6.34. The van der Waals surface area contributed by atoms with Gasteiger partial charge in [0, 0.05) is 16.6 Å². The summed E-state index contributed by atoms with van der Waals surface area (Å²) in [7, 11) is 0. The second-order valence-electron chi connectivity index (χ2n) is 4.49. The van der Waals surface area contributed by atoms with Crippen LogP contribution >= 0.6 is 22.9 Å². The number of aromatic nitrogens is 2. The van der Waals surface area contributed by atoms with Crippen LogP contribution in [0.3, 0.4) is 0 Å². The molecule has 0 amide bonds. The standard InChI is InChI=1S/C13H16ClN3S/c1-8(2)10-6-13(16-7-15-10)17-9(3)11-4-5-12(14)18-11/h4-9H,1-3H3,(H,15,16,17). The zero-order valence-corrected chi connectivity index (χ0v) is 12.2. The lowest BCUT2D eigenvalue weighted by molar-refractivity contribution is 0.808. The molecule has 0 fully saturated rings. The summed E-state index contributed by atoms with van der Waals surface area (Å²) in [6, 6.07) is 6.14. The van der Waals surface area contributed by atoms with Gasteiger partial charge in [-0.15, -0.1) is 11.3 Å². The van der Waals surface area contributed by atoms with Gasteiger partial charge in [-0.1, -0.05) is 25.4 Å². The predicted molar refractivity (Wildman–Crippen MR) is 77.5 cm³/mol. The van der Waals surface area contributed by atoms with Crippen molar-refractivity contribution in [2.45, 2.75) is 32.7 Å². The molecule has 1 atom stereocenters. The van der Waals surface area contributed by atoms with Crippen molar-refractivity contribution in [1.82, 2.24) is 9.97 Å². The number of nitrogens with one attached hydrogen (secondary N) is 1. The molecule has 1 N–H and O–H groups in total. The fourth-order valence-corrected chi connectivity index (χ4v) is 2.68. The van der Waals surface area contributed by atoms with E-state index in [0.717, 1.165) is 15.8 Å². The van der Waals surface area contributed by atoms with E-state index in [2.05, 4.69) is 36.1 Å². The maximum atomic E-state index is 5.94. The summed E-state index contributed by atoms with van der Waals surface area (Å²) in [5.41, 5.74) is 1.05. The molecule has 5 heteroatoms. The van der Waals surface area contributed by atoms with Crippen LogP contribution in [0.15, 0.2) is 24.5 Å². The van der Waals surface area contributed by atoms with Crippen LogP contribution in [0.4, 0.5) is 5.82 Å². The van der Waals surface area contributed by atoms with E-state index in [1.165, 1.54) is 4.88 Å². The minimum Gasteiger partial charge on any atom is -0.363 e. The van der Waals surface area contributed by atoms with Crippen LogP contribution in [0, 0.1) is 0 Å². The summed E-state index contributed by atoms with van der Waals surface area (Å²) in [6.07, 6.45) is 1.60. The van der Waals surface area contributed by atoms with Crippen molar-refractivity contribution in [3.8, 4) is 0 Å². The van der Waals surface area contributed by atoms with E-state index >= 15 is 0 Å². The van der Waals surface area contributed by atoms with Gasteiger partial charge in [0.25, 0.3) is 0 Å². The van der Waals surface area contributed by atoms with E-state index in [-0.39, 0.29) is 6.04 Å². The highest BCUT2D eigenvalue weighted by Crippen LogP contribution is 2.28. The Balaban J connectivity index is 2.11. The summed E-state index contributed by atoms with van der Waals surface area (Å²) in [4.78, 5) is 9.70. The van der Waals surface area contributed by atoms with Crippen molar-refractivity contribution in [2.24, 2.45) is 0 Å². The van der Waals surface area contributed by atoms with Gasteiger partial charge in [-0.25, -0.2) is 9.97 Å². The van der Waals surface area contributed by atoms with Crippen LogP contribution in [0.5, 0.6) is 0 Å². The molecule has 18 heavy (non-hydrogen) atoms. The first-order valence-corrected chi connectivity index (χ1v) is 7.09. The fraction of sp³-hybridized carbons (Fsp3) is 0.385. The third-order valence-electron chi connectivity index (χ3n) is 2.66. The number of rotatable bonds is 4. The molecule has 2 aromatic rings. The van der Waals surface area contributed by atoms with E-state index in [4.69, 9.17) is 11.6 Å². The Kier molecular flexibility index (Phi) is 4.19. The number of hydrogen-bond acceptors (Lipinski definition) is 4. The first-order valence-electron chi connectivity index (χ1n) is 5.90. The van der Waals surface area contributed by atoms with Crippen molar-refractivity contribution in [3.63, 3.8) is 0 Å². The highest BCUT2D eigenvalue weighted by atomic mass is 35.5. The number of hydrogen-bond donors (Lipinski definition) is 1. The van der Waals surface area contributed by atoms with Crippen LogP contribution in [-0.4, -0.2) is 9.97 Å². The van der Waals surface area contributed by atoms with Crippen molar-refractivity contribution < 1.29 is 0 Å². The van der Waals surface area contributed by atoms with Crippen LogP contribution in [0.1, 0.15) is 43.3 Å². The number of thiophene rings is 1. The zero-order valence-electron chi connectivity index (χ0n) is 10.6. The van der Waals surface area contributed by atoms with Crippen LogP contribution in [0.25, 0.3) is 0 Å². The molecule has 0 aliphatic heterocycles. The summed E-state index contributed by atoms with van der Waals surface area (Å²) in [5.74, 6) is 1.26. The highest BCUT2D eigenvalue weighted by molar-refractivity contribution is 7.16. The Hall–Kier alpha value is -1.13. The summed E-state index contributed by atoms with van der Waals surface area (Å²) < 4.78 is 0.809. The SMILES string of the molecule is CC(C)c1cc(NC(C)c2ccc(Cl)s2)ncn1. The average molecular weight is 282 g/mol. The summed E-state index contributed by atoms with van der Waals surface area (Å²) >= 11 is 7.52. The zero-order chi connectivity index (χ0) is 13.1. The van der Waals surface area contributed by atoms with Crippen molar-refractivity contribution in [2.75, 3.05) is 5.32 Å². The largest absolute Gasteiger partial charge is 0.363 e. The molecule has 2 aromatic heterocycles. The molecule has 0 radical (unpaired) electrons. The Bertz CT molecular complexity index is 524. The number of nitrogens with zero attached hydrogens (tertiary/aromatic N) is 2. The maximum Gasteiger partial charge on any atom is 0.130 e. The first kappa shape index (κ1) is 13.3. The fourth-order valence-electron chi connectivity index (χ4n) is 1.62. The lowest BCUT2D eigenvalue weighted by Gasteiger charge is -2.13. The van der Waals surface area contributed by atoms with E-state index in [1.807, 2.05) is 18.2 Å². The molecule has 3 nitrogen and oxygen atoms in total. The molecular formula is C13H16ClN3S. The van der Waals surface area contributed by atoms with E-state index in [1.54, 1.807) is 17.7 Å². The third-order valence-corrected chi connectivity index (χ3v) is 4.08. The smallest absolute Gasteiger partial charge is 0.130 e. The van der Waals surface area contributed by atoms with Gasteiger partial charge in [0.2, 0.25) is 0 Å². The van der Waals surface area contributed by atoms with Gasteiger partial charge >= 0.3 is 0 Å². The lowest BCUT2D eigenvalue weighted by atomic mass is 10.1. The normalized spacial score (nSPS) is 12.7. The van der Waals surface area contributed by atoms with Gasteiger partial charge in [0.1, 0.15) is 12.1 Å². The Morgan fingerprint density at radius 1 is 1.22 bits per heavy atom. The van der Waals surface area contributed by atoms with Crippen LogP contribution in [0.2, 0.25) is 4.34 Å². The van der Waals surface area contributed by atoms with Crippen LogP contribution in [-0.2, 0) is 0 Å². The Morgan fingerprint density at radius 2 is 2.00 bits per heavy atom. The first-order chi connectivity index (χ1) is 8.56. The lowest BCUT2D eigenvalue weighted by Crippen LogP contribution is -2.07. The van der Waals surface area contributed by atoms with Gasteiger partial charge in [0.15, 0.2) is 0 Å². The molecule has 0 saturated heterocycles. The second kappa shape index (κ2) is 5.67. The van der Waals surface area contributed by atoms with Crippen LogP contribution < -0.4 is 5.32 Å². The molecule has 0 aliphatic rings.